The van der Waals surface area contributed by atoms with Gasteiger partial charge < -0.3 is 4.57 Å². The number of para-hydroxylation sites is 1. The number of nitro groups is 1. The number of hydrazone groups is 1. The zero-order valence-electron chi connectivity index (χ0n) is 15.1. The molecule has 3 aromatic rings. The number of aryl methyl sites for hydroxylation is 1. The molecule has 0 saturated carbocycles. The molecule has 6 nitrogen and oxygen atoms in total. The van der Waals surface area contributed by atoms with Crippen molar-refractivity contribution in [2.75, 3.05) is 5.43 Å². The molecular formula is C20H21ClN4O2. The molecule has 0 atom stereocenters. The van der Waals surface area contributed by atoms with Crippen LogP contribution < -0.4 is 5.43 Å². The Bertz CT molecular complexity index is 981. The molecule has 0 unspecified atom stereocenters. The van der Waals surface area contributed by atoms with Crippen LogP contribution in [0, 0.1) is 10.1 Å². The van der Waals surface area contributed by atoms with Crippen molar-refractivity contribution in [1.29, 1.82) is 0 Å². The fourth-order valence-electron chi connectivity index (χ4n) is 3.02. The Kier molecular flexibility index (Phi) is 6.08. The van der Waals surface area contributed by atoms with Crippen molar-refractivity contribution in [2.45, 2.75) is 32.7 Å². The minimum absolute atomic E-state index is 0.0146. The van der Waals surface area contributed by atoms with Crippen LogP contribution in [0.1, 0.15) is 31.7 Å². The molecule has 0 aliphatic heterocycles. The van der Waals surface area contributed by atoms with Crippen LogP contribution in [0.25, 0.3) is 10.9 Å². The smallest absolute Gasteiger partial charge is 0.271 e. The predicted octanol–water partition coefficient (Wildman–Crippen LogP) is 5.84. The lowest BCUT2D eigenvalue weighted by atomic mass is 10.2. The summed E-state index contributed by atoms with van der Waals surface area (Å²) in [5, 5.41) is 16.8. The van der Waals surface area contributed by atoms with Crippen molar-refractivity contribution < 1.29 is 4.92 Å². The number of halogens is 1. The standard InChI is InChI=1S/C20H21ClN4O2/c1-2-3-6-12-24-19-11-5-4-10-17(19)18(20(24)21)14-22-23-15-8-7-9-16(13-15)25(26)27/h4-5,7-11,13-14,23H,2-3,6,12H2,1H3/b22-14+. The third kappa shape index (κ3) is 4.28. The number of anilines is 1. The number of non-ortho nitro benzene ring substituents is 1. The van der Waals surface area contributed by atoms with Crippen LogP contribution in [0.15, 0.2) is 53.6 Å². The SMILES string of the molecule is CCCCCn1c(Cl)c(/C=N/Nc2cccc([N+](=O)[O-])c2)c2ccccc21. The van der Waals surface area contributed by atoms with Gasteiger partial charge in [-0.05, 0) is 18.6 Å². The van der Waals surface area contributed by atoms with Crippen LogP contribution in [0.5, 0.6) is 0 Å². The van der Waals surface area contributed by atoms with Crippen LogP contribution in [0.4, 0.5) is 11.4 Å². The first-order valence-electron chi connectivity index (χ1n) is 8.92. The average Bonchev–Trinajstić information content (AvgIpc) is 2.94. The number of unbranched alkanes of at least 4 members (excludes halogenated alkanes) is 2. The van der Waals surface area contributed by atoms with Gasteiger partial charge in [-0.25, -0.2) is 0 Å². The van der Waals surface area contributed by atoms with Gasteiger partial charge >= 0.3 is 0 Å². The molecule has 27 heavy (non-hydrogen) atoms. The van der Waals surface area contributed by atoms with Crippen LogP contribution in [-0.4, -0.2) is 15.7 Å². The Morgan fingerprint density at radius 2 is 2.04 bits per heavy atom. The fourth-order valence-corrected chi connectivity index (χ4v) is 3.35. The van der Waals surface area contributed by atoms with Gasteiger partial charge in [-0.1, -0.05) is 55.6 Å². The molecule has 0 aliphatic rings. The molecule has 3 rings (SSSR count). The summed E-state index contributed by atoms with van der Waals surface area (Å²) in [7, 11) is 0. The molecular weight excluding hydrogens is 364 g/mol. The number of hydrogen-bond donors (Lipinski definition) is 1. The van der Waals surface area contributed by atoms with Gasteiger partial charge in [0.1, 0.15) is 5.15 Å². The second-order valence-corrected chi connectivity index (χ2v) is 6.62. The highest BCUT2D eigenvalue weighted by Crippen LogP contribution is 2.29. The number of hydrogen-bond acceptors (Lipinski definition) is 4. The lowest BCUT2D eigenvalue weighted by molar-refractivity contribution is -0.384. The van der Waals surface area contributed by atoms with E-state index >= 15 is 0 Å². The maximum absolute atomic E-state index is 10.9. The number of aromatic nitrogens is 1. The van der Waals surface area contributed by atoms with Crippen molar-refractivity contribution in [3.63, 3.8) is 0 Å². The molecule has 0 radical (unpaired) electrons. The highest BCUT2D eigenvalue weighted by molar-refractivity contribution is 6.34. The molecule has 0 saturated heterocycles. The van der Waals surface area contributed by atoms with Crippen LogP contribution in [0.3, 0.4) is 0 Å². The molecule has 1 aromatic heterocycles. The van der Waals surface area contributed by atoms with E-state index in [2.05, 4.69) is 28.1 Å². The second kappa shape index (κ2) is 8.68. The summed E-state index contributed by atoms with van der Waals surface area (Å²) in [6, 6.07) is 14.3. The van der Waals surface area contributed by atoms with Gasteiger partial charge in [-0.2, -0.15) is 5.10 Å². The Morgan fingerprint density at radius 3 is 2.81 bits per heavy atom. The van der Waals surface area contributed by atoms with E-state index in [-0.39, 0.29) is 5.69 Å². The highest BCUT2D eigenvalue weighted by atomic mass is 35.5. The van der Waals surface area contributed by atoms with E-state index in [1.807, 2.05) is 18.2 Å². The van der Waals surface area contributed by atoms with Crippen molar-refractivity contribution >= 4 is 40.1 Å². The van der Waals surface area contributed by atoms with Gasteiger partial charge in [0.2, 0.25) is 0 Å². The molecule has 0 bridgehead atoms. The van der Waals surface area contributed by atoms with Gasteiger partial charge in [-0.3, -0.25) is 15.5 Å². The summed E-state index contributed by atoms with van der Waals surface area (Å²) in [6.07, 6.45) is 5.04. The topological polar surface area (TPSA) is 72.5 Å². The quantitative estimate of drug-likeness (QED) is 0.229. The Balaban J connectivity index is 1.86. The third-order valence-electron chi connectivity index (χ3n) is 4.37. The fraction of sp³-hybridized carbons (Fsp3) is 0.250. The average molecular weight is 385 g/mol. The van der Waals surface area contributed by atoms with Crippen molar-refractivity contribution in [1.82, 2.24) is 4.57 Å². The summed E-state index contributed by atoms with van der Waals surface area (Å²) in [4.78, 5) is 10.4. The summed E-state index contributed by atoms with van der Waals surface area (Å²) in [6.45, 7) is 3.03. The maximum Gasteiger partial charge on any atom is 0.271 e. The van der Waals surface area contributed by atoms with E-state index in [9.17, 15) is 10.1 Å². The van der Waals surface area contributed by atoms with E-state index < -0.39 is 4.92 Å². The Labute approximate surface area is 162 Å². The van der Waals surface area contributed by atoms with E-state index in [1.165, 1.54) is 12.1 Å². The maximum atomic E-state index is 10.9. The van der Waals surface area contributed by atoms with E-state index in [0.29, 0.717) is 10.8 Å². The number of nitrogens with zero attached hydrogens (tertiary/aromatic N) is 3. The molecule has 0 spiro atoms. The van der Waals surface area contributed by atoms with Crippen LogP contribution >= 0.6 is 11.6 Å². The number of nitrogens with one attached hydrogen (secondary N) is 1. The monoisotopic (exact) mass is 384 g/mol. The van der Waals surface area contributed by atoms with E-state index in [0.717, 1.165) is 42.3 Å². The summed E-state index contributed by atoms with van der Waals surface area (Å²) in [5.74, 6) is 0. The van der Waals surface area contributed by atoms with E-state index in [1.54, 1.807) is 18.3 Å². The summed E-state index contributed by atoms with van der Waals surface area (Å²) >= 11 is 6.63. The molecule has 0 fully saturated rings. The lowest BCUT2D eigenvalue weighted by Crippen LogP contribution is -1.98. The number of rotatable bonds is 8. The highest BCUT2D eigenvalue weighted by Gasteiger charge is 2.13. The molecule has 0 aliphatic carbocycles. The number of benzene rings is 2. The minimum atomic E-state index is -0.435. The normalized spacial score (nSPS) is 11.3. The first-order valence-corrected chi connectivity index (χ1v) is 9.30. The van der Waals surface area contributed by atoms with Crippen molar-refractivity contribution in [3.05, 3.63) is 69.4 Å². The van der Waals surface area contributed by atoms with E-state index in [4.69, 9.17) is 11.6 Å². The van der Waals surface area contributed by atoms with Gasteiger partial charge in [0.15, 0.2) is 0 Å². The Morgan fingerprint density at radius 1 is 1.22 bits per heavy atom. The molecule has 1 N–H and O–H groups in total. The molecule has 140 valence electrons. The summed E-state index contributed by atoms with van der Waals surface area (Å²) in [5.41, 5.74) is 5.31. The van der Waals surface area contributed by atoms with Crippen molar-refractivity contribution in [2.24, 2.45) is 5.10 Å². The third-order valence-corrected chi connectivity index (χ3v) is 4.78. The molecule has 0 amide bonds. The van der Waals surface area contributed by atoms with Gasteiger partial charge in [0.25, 0.3) is 5.69 Å². The number of nitro benzene ring substituents is 1. The lowest BCUT2D eigenvalue weighted by Gasteiger charge is -2.06. The molecule has 7 heteroatoms. The summed E-state index contributed by atoms with van der Waals surface area (Å²) < 4.78 is 2.11. The second-order valence-electron chi connectivity index (χ2n) is 6.26. The van der Waals surface area contributed by atoms with Gasteiger partial charge in [0.05, 0.1) is 16.8 Å². The largest absolute Gasteiger partial charge is 0.331 e. The van der Waals surface area contributed by atoms with Crippen molar-refractivity contribution in [3.8, 4) is 0 Å². The van der Waals surface area contributed by atoms with Crippen LogP contribution in [-0.2, 0) is 6.54 Å². The van der Waals surface area contributed by atoms with Gasteiger partial charge in [-0.15, -0.1) is 0 Å². The number of fused-ring (bicyclic) bond motifs is 1. The zero-order valence-corrected chi connectivity index (χ0v) is 15.8. The first kappa shape index (κ1) is 18.9. The predicted molar refractivity (Wildman–Crippen MR) is 111 cm³/mol. The molecule has 2 aromatic carbocycles. The zero-order chi connectivity index (χ0) is 19.2. The van der Waals surface area contributed by atoms with Gasteiger partial charge in [0, 0.05) is 35.1 Å². The Hall–Kier alpha value is -2.86. The minimum Gasteiger partial charge on any atom is -0.331 e. The van der Waals surface area contributed by atoms with Crippen LogP contribution in [0.2, 0.25) is 5.15 Å². The first-order chi connectivity index (χ1) is 13.1. The molecule has 1 heterocycles.